The van der Waals surface area contributed by atoms with Gasteiger partial charge in [-0.1, -0.05) is 19.3 Å². The van der Waals surface area contributed by atoms with Crippen LogP contribution in [0.15, 0.2) is 0 Å². The van der Waals surface area contributed by atoms with Gasteiger partial charge < -0.3 is 10.4 Å². The lowest BCUT2D eigenvalue weighted by atomic mass is 9.95. The van der Waals surface area contributed by atoms with E-state index in [1.165, 1.54) is 19.3 Å². The number of nitrogens with one attached hydrogen (secondary N) is 1. The van der Waals surface area contributed by atoms with Gasteiger partial charge in [-0.15, -0.1) is 11.8 Å². The van der Waals surface area contributed by atoms with Crippen LogP contribution in [0.5, 0.6) is 0 Å². The van der Waals surface area contributed by atoms with E-state index in [4.69, 9.17) is 5.11 Å². The third-order valence-corrected chi connectivity index (χ3v) is 4.23. The van der Waals surface area contributed by atoms with Crippen LogP contribution in [-0.4, -0.2) is 34.7 Å². The van der Waals surface area contributed by atoms with Crippen molar-refractivity contribution in [3.05, 3.63) is 0 Å². The van der Waals surface area contributed by atoms with Gasteiger partial charge in [-0.05, 0) is 31.9 Å². The Morgan fingerprint density at radius 2 is 2.12 bits per heavy atom. The van der Waals surface area contributed by atoms with Gasteiger partial charge in [0.1, 0.15) is 0 Å². The zero-order valence-corrected chi connectivity index (χ0v) is 10.9. The Morgan fingerprint density at radius 1 is 1.44 bits per heavy atom. The van der Waals surface area contributed by atoms with Crippen molar-refractivity contribution in [3.8, 4) is 0 Å². The Bertz CT molecular complexity index is 205. The second-order valence-corrected chi connectivity index (χ2v) is 5.88. The summed E-state index contributed by atoms with van der Waals surface area (Å²) in [5, 5.41) is 11.8. The van der Waals surface area contributed by atoms with Crippen LogP contribution >= 0.6 is 11.8 Å². The zero-order chi connectivity index (χ0) is 11.8. The number of hydrogen-bond acceptors (Lipinski definition) is 3. The van der Waals surface area contributed by atoms with Gasteiger partial charge in [0.15, 0.2) is 0 Å². The largest absolute Gasteiger partial charge is 0.396 e. The molecule has 1 unspecified atom stereocenters. The highest BCUT2D eigenvalue weighted by Gasteiger charge is 2.19. The highest BCUT2D eigenvalue weighted by Crippen LogP contribution is 2.18. The van der Waals surface area contributed by atoms with Crippen LogP contribution in [-0.2, 0) is 4.79 Å². The van der Waals surface area contributed by atoms with Crippen LogP contribution in [0.3, 0.4) is 0 Å². The minimum Gasteiger partial charge on any atom is -0.396 e. The van der Waals surface area contributed by atoms with Crippen molar-refractivity contribution in [1.82, 2.24) is 5.32 Å². The number of amides is 1. The fourth-order valence-electron chi connectivity index (χ4n) is 1.97. The number of carbonyl (C=O) groups is 1. The Balaban J connectivity index is 2.16. The highest BCUT2D eigenvalue weighted by atomic mass is 32.2. The Labute approximate surface area is 102 Å². The second kappa shape index (κ2) is 7.96. The molecule has 1 amide bonds. The monoisotopic (exact) mass is 245 g/mol. The number of hydrogen-bond donors (Lipinski definition) is 2. The highest BCUT2D eigenvalue weighted by molar-refractivity contribution is 8.00. The first kappa shape index (κ1) is 13.8. The van der Waals surface area contributed by atoms with Gasteiger partial charge in [-0.3, -0.25) is 4.79 Å². The molecule has 4 heteroatoms. The van der Waals surface area contributed by atoms with E-state index >= 15 is 0 Å². The van der Waals surface area contributed by atoms with Crippen LogP contribution in [0, 0.1) is 0 Å². The maximum Gasteiger partial charge on any atom is 0.233 e. The first-order valence-corrected chi connectivity index (χ1v) is 7.31. The quantitative estimate of drug-likeness (QED) is 0.703. The average molecular weight is 245 g/mol. The van der Waals surface area contributed by atoms with E-state index in [1.807, 2.05) is 6.92 Å². The molecule has 1 rings (SSSR count). The van der Waals surface area contributed by atoms with Gasteiger partial charge in [0.25, 0.3) is 0 Å². The molecule has 0 saturated heterocycles. The molecule has 94 valence electrons. The summed E-state index contributed by atoms with van der Waals surface area (Å²) in [5.74, 6) is 1.02. The van der Waals surface area contributed by atoms with Gasteiger partial charge in [0.2, 0.25) is 5.91 Å². The molecule has 3 nitrogen and oxygen atoms in total. The molecule has 0 heterocycles. The standard InChI is InChI=1S/C12H23NO2S/c1-10(16-9-5-8-14)12(15)13-11-6-3-2-4-7-11/h10-11,14H,2-9H2,1H3,(H,13,15). The van der Waals surface area contributed by atoms with Crippen LogP contribution in [0.4, 0.5) is 0 Å². The number of rotatable bonds is 6. The van der Waals surface area contributed by atoms with E-state index in [9.17, 15) is 4.79 Å². The molecule has 0 aromatic rings. The van der Waals surface area contributed by atoms with Crippen molar-refractivity contribution in [2.75, 3.05) is 12.4 Å². The molecular formula is C12H23NO2S. The molecule has 0 aromatic heterocycles. The van der Waals surface area contributed by atoms with Crippen LogP contribution < -0.4 is 5.32 Å². The number of aliphatic hydroxyl groups excluding tert-OH is 1. The third kappa shape index (κ3) is 5.21. The van der Waals surface area contributed by atoms with Gasteiger partial charge in [0.05, 0.1) is 5.25 Å². The normalized spacial score (nSPS) is 19.4. The molecular weight excluding hydrogens is 222 g/mol. The van der Waals surface area contributed by atoms with Crippen molar-refractivity contribution in [3.63, 3.8) is 0 Å². The maximum atomic E-state index is 11.8. The summed E-state index contributed by atoms with van der Waals surface area (Å²) in [7, 11) is 0. The van der Waals surface area contributed by atoms with Gasteiger partial charge in [-0.2, -0.15) is 0 Å². The topological polar surface area (TPSA) is 49.3 Å². The molecule has 16 heavy (non-hydrogen) atoms. The van der Waals surface area contributed by atoms with Crippen molar-refractivity contribution < 1.29 is 9.90 Å². The fraction of sp³-hybridized carbons (Fsp3) is 0.917. The molecule has 0 radical (unpaired) electrons. The number of aliphatic hydroxyl groups is 1. The molecule has 0 aliphatic heterocycles. The lowest BCUT2D eigenvalue weighted by Gasteiger charge is -2.24. The van der Waals surface area contributed by atoms with Gasteiger partial charge in [0, 0.05) is 12.6 Å². The summed E-state index contributed by atoms with van der Waals surface area (Å²) in [6.07, 6.45) is 6.85. The minimum absolute atomic E-state index is 0.00785. The Kier molecular flexibility index (Phi) is 6.88. The summed E-state index contributed by atoms with van der Waals surface area (Å²) in [4.78, 5) is 11.8. The SMILES string of the molecule is CC(SCCCO)C(=O)NC1CCCCC1. The predicted molar refractivity (Wildman–Crippen MR) is 68.6 cm³/mol. The Morgan fingerprint density at radius 3 is 2.75 bits per heavy atom. The lowest BCUT2D eigenvalue weighted by Crippen LogP contribution is -2.40. The maximum absolute atomic E-state index is 11.8. The van der Waals surface area contributed by atoms with E-state index in [0.717, 1.165) is 25.0 Å². The van der Waals surface area contributed by atoms with Crippen LogP contribution in [0.2, 0.25) is 0 Å². The fourth-order valence-corrected chi connectivity index (χ4v) is 2.83. The smallest absolute Gasteiger partial charge is 0.233 e. The Hall–Kier alpha value is -0.220. The van der Waals surface area contributed by atoms with E-state index in [1.54, 1.807) is 11.8 Å². The minimum atomic E-state index is 0.00785. The molecule has 1 fully saturated rings. The summed E-state index contributed by atoms with van der Waals surface area (Å²) in [6.45, 7) is 2.16. The molecule has 0 bridgehead atoms. The third-order valence-electron chi connectivity index (χ3n) is 2.99. The second-order valence-electron chi connectivity index (χ2n) is 4.43. The van der Waals surface area contributed by atoms with E-state index in [2.05, 4.69) is 5.32 Å². The molecule has 0 aromatic carbocycles. The molecule has 1 aliphatic carbocycles. The molecule has 2 N–H and O–H groups in total. The van der Waals surface area contributed by atoms with Crippen LogP contribution in [0.25, 0.3) is 0 Å². The first-order chi connectivity index (χ1) is 7.74. The van der Waals surface area contributed by atoms with E-state index in [-0.39, 0.29) is 17.8 Å². The summed E-state index contributed by atoms with van der Waals surface area (Å²) in [5.41, 5.74) is 0. The van der Waals surface area contributed by atoms with E-state index in [0.29, 0.717) is 6.04 Å². The van der Waals surface area contributed by atoms with Crippen molar-refractivity contribution >= 4 is 17.7 Å². The molecule has 0 spiro atoms. The molecule has 1 aliphatic rings. The van der Waals surface area contributed by atoms with E-state index < -0.39 is 0 Å². The summed E-state index contributed by atoms with van der Waals surface area (Å²) >= 11 is 1.63. The van der Waals surface area contributed by atoms with Gasteiger partial charge >= 0.3 is 0 Å². The average Bonchev–Trinajstić information content (AvgIpc) is 2.30. The first-order valence-electron chi connectivity index (χ1n) is 6.27. The zero-order valence-electron chi connectivity index (χ0n) is 10.1. The molecule has 1 saturated carbocycles. The summed E-state index contributed by atoms with van der Waals surface area (Å²) < 4.78 is 0. The molecule has 1 atom stereocenters. The number of carbonyl (C=O) groups excluding carboxylic acids is 1. The van der Waals surface area contributed by atoms with Crippen molar-refractivity contribution in [1.29, 1.82) is 0 Å². The number of thioether (sulfide) groups is 1. The lowest BCUT2D eigenvalue weighted by molar-refractivity contribution is -0.121. The van der Waals surface area contributed by atoms with Gasteiger partial charge in [-0.25, -0.2) is 0 Å². The van der Waals surface area contributed by atoms with Crippen molar-refractivity contribution in [2.45, 2.75) is 56.7 Å². The van der Waals surface area contributed by atoms with Crippen molar-refractivity contribution in [2.24, 2.45) is 0 Å². The summed E-state index contributed by atoms with van der Waals surface area (Å²) in [6, 6.07) is 0.405. The van der Waals surface area contributed by atoms with Crippen LogP contribution in [0.1, 0.15) is 45.4 Å². The predicted octanol–water partition coefficient (Wildman–Crippen LogP) is 1.94.